The van der Waals surface area contributed by atoms with E-state index in [1.807, 2.05) is 20.8 Å². The monoisotopic (exact) mass is 271 g/mol. The summed E-state index contributed by atoms with van der Waals surface area (Å²) in [6.45, 7) is 6.05. The quantitative estimate of drug-likeness (QED) is 0.544. The van der Waals surface area contributed by atoms with Crippen LogP contribution in [0.2, 0.25) is 0 Å². The van der Waals surface area contributed by atoms with Crippen LogP contribution in [0.15, 0.2) is 0 Å². The van der Waals surface area contributed by atoms with Gasteiger partial charge in [0.1, 0.15) is 0 Å². The molecule has 0 radical (unpaired) electrons. The second-order valence-corrected chi connectivity index (χ2v) is 6.47. The molecule has 0 bridgehead atoms. The average molecular weight is 271 g/mol. The van der Waals surface area contributed by atoms with E-state index < -0.39 is 0 Å². The van der Waals surface area contributed by atoms with E-state index in [-0.39, 0.29) is 11.4 Å². The molecule has 0 unspecified atom stereocenters. The average Bonchev–Trinajstić information content (AvgIpc) is 2.74. The Balaban J connectivity index is 2.10. The van der Waals surface area contributed by atoms with E-state index in [4.69, 9.17) is 12.2 Å². The van der Waals surface area contributed by atoms with Crippen LogP contribution in [0.4, 0.5) is 0 Å². The van der Waals surface area contributed by atoms with Gasteiger partial charge in [0.15, 0.2) is 5.11 Å². The van der Waals surface area contributed by atoms with E-state index in [0.717, 1.165) is 12.3 Å². The summed E-state index contributed by atoms with van der Waals surface area (Å²) in [6.07, 6.45) is 6.78. The van der Waals surface area contributed by atoms with Gasteiger partial charge in [-0.1, -0.05) is 25.7 Å². The summed E-state index contributed by atoms with van der Waals surface area (Å²) in [5, 5.41) is 3.53. The lowest BCUT2D eigenvalue weighted by Gasteiger charge is -2.23. The maximum atomic E-state index is 11.6. The Bertz CT molecular complexity index is 293. The van der Waals surface area contributed by atoms with Crippen molar-refractivity contribution in [1.82, 2.24) is 16.2 Å². The molecule has 1 fully saturated rings. The second kappa shape index (κ2) is 6.92. The number of amides is 1. The third-order valence-electron chi connectivity index (χ3n) is 3.06. The molecule has 0 aromatic heterocycles. The summed E-state index contributed by atoms with van der Waals surface area (Å²) in [5.41, 5.74) is 5.27. The van der Waals surface area contributed by atoms with Crippen LogP contribution in [-0.2, 0) is 4.79 Å². The van der Waals surface area contributed by atoms with Crippen LogP contribution in [0.25, 0.3) is 0 Å². The van der Waals surface area contributed by atoms with Gasteiger partial charge >= 0.3 is 0 Å². The van der Waals surface area contributed by atoms with Gasteiger partial charge in [-0.05, 0) is 45.3 Å². The molecule has 3 N–H and O–H groups in total. The Morgan fingerprint density at radius 3 is 2.39 bits per heavy atom. The standard InChI is InChI=1S/C13H25N3OS/c1-13(2,3)14-12(18)16-15-11(17)9-8-10-6-4-5-7-10/h10H,4-9H2,1-3H3,(H,15,17)(H2,14,16,18). The number of carbonyl (C=O) groups is 1. The van der Waals surface area contributed by atoms with Gasteiger partial charge in [0.2, 0.25) is 5.91 Å². The molecule has 1 amide bonds. The maximum absolute atomic E-state index is 11.6. The molecule has 1 aliphatic rings. The first-order valence-electron chi connectivity index (χ1n) is 6.74. The van der Waals surface area contributed by atoms with Crippen molar-refractivity contribution in [2.75, 3.05) is 0 Å². The SMILES string of the molecule is CC(C)(C)NC(=S)NNC(=O)CCC1CCCC1. The van der Waals surface area contributed by atoms with Gasteiger partial charge in [0, 0.05) is 12.0 Å². The fraction of sp³-hybridized carbons (Fsp3) is 0.846. The minimum atomic E-state index is -0.0986. The number of thiocarbonyl (C=S) groups is 1. The number of rotatable bonds is 3. The summed E-state index contributed by atoms with van der Waals surface area (Å²) < 4.78 is 0. The molecule has 1 saturated carbocycles. The highest BCUT2D eigenvalue weighted by Gasteiger charge is 2.16. The number of hydrazine groups is 1. The summed E-state index contributed by atoms with van der Waals surface area (Å²) in [4.78, 5) is 11.6. The zero-order valence-electron chi connectivity index (χ0n) is 11.6. The van der Waals surface area contributed by atoms with Gasteiger partial charge < -0.3 is 5.32 Å². The summed E-state index contributed by atoms with van der Waals surface area (Å²) >= 11 is 5.07. The molecular formula is C13H25N3OS. The van der Waals surface area contributed by atoms with E-state index >= 15 is 0 Å². The molecule has 0 aromatic rings. The van der Waals surface area contributed by atoms with Crippen molar-refractivity contribution in [2.45, 2.75) is 64.8 Å². The highest BCUT2D eigenvalue weighted by Crippen LogP contribution is 2.28. The van der Waals surface area contributed by atoms with Crippen molar-refractivity contribution in [3.05, 3.63) is 0 Å². The fourth-order valence-corrected chi connectivity index (χ4v) is 2.55. The van der Waals surface area contributed by atoms with E-state index in [1.54, 1.807) is 0 Å². The Morgan fingerprint density at radius 1 is 1.22 bits per heavy atom. The first kappa shape index (κ1) is 15.2. The Morgan fingerprint density at radius 2 is 1.83 bits per heavy atom. The third-order valence-corrected chi connectivity index (χ3v) is 3.26. The highest BCUT2D eigenvalue weighted by atomic mass is 32.1. The molecular weight excluding hydrogens is 246 g/mol. The molecule has 0 spiro atoms. The number of hydrogen-bond acceptors (Lipinski definition) is 2. The molecule has 0 heterocycles. The Kier molecular flexibility index (Phi) is 5.85. The first-order chi connectivity index (χ1) is 8.37. The van der Waals surface area contributed by atoms with Crippen LogP contribution >= 0.6 is 12.2 Å². The van der Waals surface area contributed by atoms with Crippen molar-refractivity contribution in [2.24, 2.45) is 5.92 Å². The largest absolute Gasteiger partial charge is 0.357 e. The van der Waals surface area contributed by atoms with Crippen LogP contribution in [0, 0.1) is 5.92 Å². The van der Waals surface area contributed by atoms with E-state index in [1.165, 1.54) is 25.7 Å². The lowest BCUT2D eigenvalue weighted by atomic mass is 10.0. The summed E-state index contributed by atoms with van der Waals surface area (Å²) in [5.74, 6) is 0.760. The first-order valence-corrected chi connectivity index (χ1v) is 7.14. The molecule has 0 saturated heterocycles. The van der Waals surface area contributed by atoms with Crippen LogP contribution < -0.4 is 16.2 Å². The minimum absolute atomic E-state index is 0.0139. The molecule has 0 atom stereocenters. The molecule has 0 aliphatic heterocycles. The lowest BCUT2D eigenvalue weighted by Crippen LogP contribution is -2.52. The normalized spacial score (nSPS) is 16.4. The van der Waals surface area contributed by atoms with Gasteiger partial charge in [-0.3, -0.25) is 15.6 Å². The third kappa shape index (κ3) is 6.79. The number of nitrogens with one attached hydrogen (secondary N) is 3. The smallest absolute Gasteiger partial charge is 0.238 e. The maximum Gasteiger partial charge on any atom is 0.238 e. The minimum Gasteiger partial charge on any atom is -0.357 e. The van der Waals surface area contributed by atoms with Crippen molar-refractivity contribution in [3.8, 4) is 0 Å². The number of hydrogen-bond donors (Lipinski definition) is 3. The van der Waals surface area contributed by atoms with Crippen molar-refractivity contribution < 1.29 is 4.79 Å². The highest BCUT2D eigenvalue weighted by molar-refractivity contribution is 7.80. The Labute approximate surface area is 115 Å². The van der Waals surface area contributed by atoms with Crippen LogP contribution in [-0.4, -0.2) is 16.6 Å². The van der Waals surface area contributed by atoms with Gasteiger partial charge in [-0.2, -0.15) is 0 Å². The molecule has 1 aliphatic carbocycles. The number of carbonyl (C=O) groups excluding carboxylic acids is 1. The van der Waals surface area contributed by atoms with Gasteiger partial charge in [-0.15, -0.1) is 0 Å². The van der Waals surface area contributed by atoms with Crippen molar-refractivity contribution in [3.63, 3.8) is 0 Å². The lowest BCUT2D eigenvalue weighted by molar-refractivity contribution is -0.121. The van der Waals surface area contributed by atoms with Gasteiger partial charge in [0.25, 0.3) is 0 Å². The fourth-order valence-electron chi connectivity index (χ4n) is 2.20. The van der Waals surface area contributed by atoms with Crippen molar-refractivity contribution in [1.29, 1.82) is 0 Å². The zero-order valence-corrected chi connectivity index (χ0v) is 12.5. The molecule has 104 valence electrons. The Hall–Kier alpha value is -0.840. The van der Waals surface area contributed by atoms with E-state index in [9.17, 15) is 4.79 Å². The van der Waals surface area contributed by atoms with E-state index in [2.05, 4.69) is 16.2 Å². The molecule has 1 rings (SSSR count). The predicted molar refractivity (Wildman–Crippen MR) is 78.0 cm³/mol. The molecule has 18 heavy (non-hydrogen) atoms. The van der Waals surface area contributed by atoms with E-state index in [0.29, 0.717) is 11.5 Å². The zero-order chi connectivity index (χ0) is 13.6. The van der Waals surface area contributed by atoms with Crippen LogP contribution in [0.5, 0.6) is 0 Å². The molecule has 5 heteroatoms. The van der Waals surface area contributed by atoms with Gasteiger partial charge in [0.05, 0.1) is 0 Å². The predicted octanol–water partition coefficient (Wildman–Crippen LogP) is 2.25. The second-order valence-electron chi connectivity index (χ2n) is 6.07. The molecule has 0 aromatic carbocycles. The van der Waals surface area contributed by atoms with Crippen LogP contribution in [0.3, 0.4) is 0 Å². The van der Waals surface area contributed by atoms with Crippen molar-refractivity contribution >= 4 is 23.2 Å². The summed E-state index contributed by atoms with van der Waals surface area (Å²) in [7, 11) is 0. The van der Waals surface area contributed by atoms with Gasteiger partial charge in [-0.25, -0.2) is 0 Å². The molecule has 4 nitrogen and oxygen atoms in total. The topological polar surface area (TPSA) is 53.2 Å². The van der Waals surface area contributed by atoms with Crippen LogP contribution in [0.1, 0.15) is 59.3 Å². The summed E-state index contributed by atoms with van der Waals surface area (Å²) in [6, 6.07) is 0.